The van der Waals surface area contributed by atoms with E-state index in [9.17, 15) is 9.59 Å². The second-order valence-electron chi connectivity index (χ2n) is 3.24. The molecule has 6 nitrogen and oxygen atoms in total. The number of rotatable bonds is 5. The lowest BCUT2D eigenvalue weighted by atomic mass is 10.2. The van der Waals surface area contributed by atoms with Crippen molar-refractivity contribution in [2.24, 2.45) is 0 Å². The Morgan fingerprint density at radius 1 is 1.47 bits per heavy atom. The zero-order chi connectivity index (χ0) is 12.8. The number of aliphatic hydroxyl groups excluding tert-OH is 1. The predicted molar refractivity (Wildman–Crippen MR) is 59.8 cm³/mol. The van der Waals surface area contributed by atoms with Crippen LogP contribution in [0.1, 0.15) is 16.9 Å². The fraction of sp³-hybridized carbons (Fsp3) is 0.300. The van der Waals surface area contributed by atoms with Crippen molar-refractivity contribution in [3.8, 4) is 0 Å². The summed E-state index contributed by atoms with van der Waals surface area (Å²) in [5.41, 5.74) is 0.0681. The molecule has 0 fully saturated rings. The van der Waals surface area contributed by atoms with Crippen LogP contribution in [0.4, 0.5) is 0 Å². The van der Waals surface area contributed by atoms with Crippen LogP contribution in [0.25, 0.3) is 0 Å². The zero-order valence-corrected chi connectivity index (χ0v) is 9.52. The molecule has 7 heteroatoms. The maximum atomic E-state index is 11.6. The number of hydrogen-bond donors (Lipinski definition) is 3. The van der Waals surface area contributed by atoms with Crippen LogP contribution in [0.2, 0.25) is 5.02 Å². The van der Waals surface area contributed by atoms with E-state index >= 15 is 0 Å². The third-order valence-electron chi connectivity index (χ3n) is 1.98. The van der Waals surface area contributed by atoms with Gasteiger partial charge in [-0.25, -0.2) is 9.78 Å². The van der Waals surface area contributed by atoms with E-state index < -0.39 is 17.9 Å². The molecule has 1 aromatic heterocycles. The first-order chi connectivity index (χ1) is 8.04. The van der Waals surface area contributed by atoms with Crippen molar-refractivity contribution in [2.75, 3.05) is 6.61 Å². The number of carbonyl (C=O) groups is 2. The summed E-state index contributed by atoms with van der Waals surface area (Å²) in [5.74, 6) is -1.83. The molecule has 0 aliphatic carbocycles. The molecule has 92 valence electrons. The van der Waals surface area contributed by atoms with Gasteiger partial charge in [0.15, 0.2) is 0 Å². The van der Waals surface area contributed by atoms with Gasteiger partial charge in [0.25, 0.3) is 5.91 Å². The number of halogens is 1. The number of carboxylic acid groups (broad SMARTS) is 1. The van der Waals surface area contributed by atoms with E-state index in [0.717, 1.165) is 0 Å². The van der Waals surface area contributed by atoms with Gasteiger partial charge in [0.05, 0.1) is 5.02 Å². The van der Waals surface area contributed by atoms with Crippen molar-refractivity contribution in [2.45, 2.75) is 12.5 Å². The Balaban J connectivity index is 2.70. The predicted octanol–water partition coefficient (Wildman–Crippen LogP) is 0.300. The molecule has 1 amide bonds. The van der Waals surface area contributed by atoms with E-state index in [4.69, 9.17) is 21.8 Å². The van der Waals surface area contributed by atoms with Crippen molar-refractivity contribution in [3.05, 3.63) is 29.0 Å². The van der Waals surface area contributed by atoms with E-state index in [1.807, 2.05) is 0 Å². The summed E-state index contributed by atoms with van der Waals surface area (Å²) < 4.78 is 0. The van der Waals surface area contributed by atoms with Crippen LogP contribution in [0.15, 0.2) is 18.3 Å². The molecule has 3 N–H and O–H groups in total. The highest BCUT2D eigenvalue weighted by molar-refractivity contribution is 6.30. The number of aliphatic hydroxyl groups is 1. The summed E-state index contributed by atoms with van der Waals surface area (Å²) in [4.78, 5) is 26.1. The largest absolute Gasteiger partial charge is 0.480 e. The zero-order valence-electron chi connectivity index (χ0n) is 8.76. The van der Waals surface area contributed by atoms with Gasteiger partial charge in [-0.2, -0.15) is 0 Å². The van der Waals surface area contributed by atoms with Crippen molar-refractivity contribution < 1.29 is 19.8 Å². The van der Waals surface area contributed by atoms with Crippen LogP contribution in [-0.4, -0.2) is 39.7 Å². The second kappa shape index (κ2) is 6.17. The van der Waals surface area contributed by atoms with E-state index in [0.29, 0.717) is 5.02 Å². The first-order valence-corrected chi connectivity index (χ1v) is 5.18. The molecule has 0 saturated heterocycles. The SMILES string of the molecule is O=C(N[C@H](CCO)C(=O)O)c1ccc(Cl)cn1. The lowest BCUT2D eigenvalue weighted by molar-refractivity contribution is -0.139. The maximum absolute atomic E-state index is 11.6. The highest BCUT2D eigenvalue weighted by atomic mass is 35.5. The summed E-state index contributed by atoms with van der Waals surface area (Å²) in [6.45, 7) is -0.328. The quantitative estimate of drug-likeness (QED) is 0.705. The number of pyridine rings is 1. The fourth-order valence-corrected chi connectivity index (χ4v) is 1.24. The summed E-state index contributed by atoms with van der Waals surface area (Å²) in [5, 5.41) is 20.1. The molecule has 0 bridgehead atoms. The van der Waals surface area contributed by atoms with Gasteiger partial charge in [0.1, 0.15) is 11.7 Å². The highest BCUT2D eigenvalue weighted by Gasteiger charge is 2.20. The average molecular weight is 259 g/mol. The molecule has 0 aliphatic rings. The third kappa shape index (κ3) is 4.01. The van der Waals surface area contributed by atoms with E-state index in [2.05, 4.69) is 10.3 Å². The summed E-state index contributed by atoms with van der Waals surface area (Å²) in [7, 11) is 0. The average Bonchev–Trinajstić information content (AvgIpc) is 2.29. The number of hydrogen-bond acceptors (Lipinski definition) is 4. The molecule has 0 unspecified atom stereocenters. The minimum Gasteiger partial charge on any atom is -0.480 e. The van der Waals surface area contributed by atoms with Gasteiger partial charge in [0.2, 0.25) is 0 Å². The molecule has 0 aromatic carbocycles. The highest BCUT2D eigenvalue weighted by Crippen LogP contribution is 2.06. The van der Waals surface area contributed by atoms with Crippen molar-refractivity contribution in [1.82, 2.24) is 10.3 Å². The molecule has 1 aromatic rings. The molecule has 17 heavy (non-hydrogen) atoms. The summed E-state index contributed by atoms with van der Waals surface area (Å²) in [6.07, 6.45) is 1.23. The smallest absolute Gasteiger partial charge is 0.326 e. The van der Waals surface area contributed by atoms with Crippen molar-refractivity contribution >= 4 is 23.5 Å². The molecule has 0 saturated carbocycles. The maximum Gasteiger partial charge on any atom is 0.326 e. The summed E-state index contributed by atoms with van der Waals surface area (Å²) >= 11 is 5.60. The normalized spacial score (nSPS) is 11.9. The van der Waals surface area contributed by atoms with Gasteiger partial charge >= 0.3 is 5.97 Å². The minimum absolute atomic E-state index is 0.0609. The number of carboxylic acids is 1. The van der Waals surface area contributed by atoms with Crippen LogP contribution >= 0.6 is 11.6 Å². The summed E-state index contributed by atoms with van der Waals surface area (Å²) in [6, 6.07) is 1.73. The van der Waals surface area contributed by atoms with Crippen molar-refractivity contribution in [3.63, 3.8) is 0 Å². The van der Waals surface area contributed by atoms with Gasteiger partial charge in [-0.15, -0.1) is 0 Å². The monoisotopic (exact) mass is 258 g/mol. The van der Waals surface area contributed by atoms with Crippen LogP contribution in [0.3, 0.4) is 0 Å². The van der Waals surface area contributed by atoms with Gasteiger partial charge in [-0.1, -0.05) is 11.6 Å². The Morgan fingerprint density at radius 2 is 2.18 bits per heavy atom. The molecule has 0 spiro atoms. The van der Waals surface area contributed by atoms with Gasteiger partial charge in [-0.05, 0) is 12.1 Å². The van der Waals surface area contributed by atoms with Crippen LogP contribution in [0, 0.1) is 0 Å². The molecule has 1 rings (SSSR count). The molecular weight excluding hydrogens is 248 g/mol. The number of aromatic nitrogens is 1. The van der Waals surface area contributed by atoms with E-state index in [-0.39, 0.29) is 18.7 Å². The fourth-order valence-electron chi connectivity index (χ4n) is 1.13. The molecule has 0 aliphatic heterocycles. The number of nitrogens with zero attached hydrogens (tertiary/aromatic N) is 1. The van der Waals surface area contributed by atoms with Gasteiger partial charge < -0.3 is 15.5 Å². The van der Waals surface area contributed by atoms with Crippen LogP contribution in [0.5, 0.6) is 0 Å². The molecule has 0 radical (unpaired) electrons. The van der Waals surface area contributed by atoms with Crippen LogP contribution < -0.4 is 5.32 Å². The number of amides is 1. The van der Waals surface area contributed by atoms with Gasteiger partial charge in [-0.3, -0.25) is 4.79 Å². The van der Waals surface area contributed by atoms with E-state index in [1.165, 1.54) is 18.3 Å². The Morgan fingerprint density at radius 3 is 2.65 bits per heavy atom. The van der Waals surface area contributed by atoms with Crippen molar-refractivity contribution in [1.29, 1.82) is 0 Å². The molecule has 1 heterocycles. The second-order valence-corrected chi connectivity index (χ2v) is 3.67. The Bertz CT molecular complexity index is 407. The minimum atomic E-state index is -1.21. The number of carbonyl (C=O) groups excluding carboxylic acids is 1. The third-order valence-corrected chi connectivity index (χ3v) is 2.20. The van der Waals surface area contributed by atoms with Crippen LogP contribution in [-0.2, 0) is 4.79 Å². The Labute approximate surface area is 102 Å². The Hall–Kier alpha value is -1.66. The Kier molecular flexibility index (Phi) is 4.86. The molecule has 1 atom stereocenters. The lowest BCUT2D eigenvalue weighted by Crippen LogP contribution is -2.41. The lowest BCUT2D eigenvalue weighted by Gasteiger charge is -2.12. The number of aliphatic carboxylic acids is 1. The topological polar surface area (TPSA) is 99.5 Å². The standard InChI is InChI=1S/C10H11ClN2O4/c11-6-1-2-7(12-5-6)9(15)13-8(3-4-14)10(16)17/h1-2,5,8,14H,3-4H2,(H,13,15)(H,16,17)/t8-/m1/s1. The number of nitrogens with one attached hydrogen (secondary N) is 1. The first-order valence-electron chi connectivity index (χ1n) is 4.80. The van der Waals surface area contributed by atoms with E-state index in [1.54, 1.807) is 0 Å². The molecular formula is C10H11ClN2O4. The first kappa shape index (κ1) is 13.4. The van der Waals surface area contributed by atoms with Gasteiger partial charge in [0, 0.05) is 19.2 Å².